The molecular weight excluding hydrogens is 469 g/mol. The third kappa shape index (κ3) is 3.68. The van der Waals surface area contributed by atoms with Crippen molar-refractivity contribution in [2.24, 2.45) is 0 Å². The predicted octanol–water partition coefficient (Wildman–Crippen LogP) is 3.35. The predicted molar refractivity (Wildman–Crippen MR) is 107 cm³/mol. The molecule has 2 N–H and O–H groups in total. The summed E-state index contributed by atoms with van der Waals surface area (Å²) in [5.74, 6) is -0.933. The van der Waals surface area contributed by atoms with Crippen molar-refractivity contribution in [2.45, 2.75) is 12.5 Å². The highest BCUT2D eigenvalue weighted by Gasteiger charge is 2.49. The van der Waals surface area contributed by atoms with E-state index in [0.29, 0.717) is 16.3 Å². The van der Waals surface area contributed by atoms with Crippen molar-refractivity contribution in [1.29, 1.82) is 0 Å². The van der Waals surface area contributed by atoms with Gasteiger partial charge in [0.1, 0.15) is 12.1 Å². The second-order valence-electron chi connectivity index (χ2n) is 6.01. The first-order valence-corrected chi connectivity index (χ1v) is 9.21. The van der Waals surface area contributed by atoms with Gasteiger partial charge in [0.2, 0.25) is 5.91 Å². The number of benzene rings is 2. The number of hydrogen-bond acceptors (Lipinski definition) is 3. The van der Waals surface area contributed by atoms with Crippen LogP contribution < -0.4 is 10.6 Å². The van der Waals surface area contributed by atoms with Crippen LogP contribution in [0.4, 0.5) is 10.5 Å². The lowest BCUT2D eigenvalue weighted by Gasteiger charge is -2.22. The monoisotopic (exact) mass is 483 g/mol. The maximum absolute atomic E-state index is 12.8. The number of nitrogens with zero attached hydrogens (tertiary/aromatic N) is 1. The highest BCUT2D eigenvalue weighted by Crippen LogP contribution is 2.29. The summed E-state index contributed by atoms with van der Waals surface area (Å²) >= 11 is 8.04. The third-order valence-corrected chi connectivity index (χ3v) is 5.10. The number of rotatable bonds is 4. The fourth-order valence-corrected chi connectivity index (χ4v) is 3.18. The molecule has 6 nitrogen and oxygen atoms in total. The van der Waals surface area contributed by atoms with E-state index in [2.05, 4.69) is 33.2 Å². The number of carbonyl (C=O) groups is 3. The van der Waals surface area contributed by atoms with Gasteiger partial charge in [0, 0.05) is 14.3 Å². The second kappa shape index (κ2) is 7.24. The summed E-state index contributed by atoms with van der Waals surface area (Å²) in [6, 6.07) is 13.2. The minimum atomic E-state index is -1.23. The lowest BCUT2D eigenvalue weighted by Crippen LogP contribution is -2.42. The van der Waals surface area contributed by atoms with Crippen LogP contribution in [-0.2, 0) is 15.1 Å². The van der Waals surface area contributed by atoms with Crippen LogP contribution in [0, 0.1) is 3.57 Å². The zero-order valence-corrected chi connectivity index (χ0v) is 16.7. The molecule has 1 aliphatic heterocycles. The van der Waals surface area contributed by atoms with Gasteiger partial charge in [-0.25, -0.2) is 4.79 Å². The molecule has 0 radical (unpaired) electrons. The van der Waals surface area contributed by atoms with Gasteiger partial charge in [-0.3, -0.25) is 14.5 Å². The highest BCUT2D eigenvalue weighted by atomic mass is 127. The van der Waals surface area contributed by atoms with Crippen LogP contribution in [0.25, 0.3) is 0 Å². The summed E-state index contributed by atoms with van der Waals surface area (Å²) in [6.07, 6.45) is 0. The second-order valence-corrected chi connectivity index (χ2v) is 7.69. The first-order chi connectivity index (χ1) is 12.3. The molecular formula is C18H15ClIN3O3. The van der Waals surface area contributed by atoms with Gasteiger partial charge < -0.3 is 10.6 Å². The molecule has 134 valence electrons. The van der Waals surface area contributed by atoms with Crippen molar-refractivity contribution in [3.05, 3.63) is 62.7 Å². The molecule has 1 atom stereocenters. The summed E-state index contributed by atoms with van der Waals surface area (Å²) in [6.45, 7) is 1.24. The van der Waals surface area contributed by atoms with E-state index in [1.807, 2.05) is 12.1 Å². The minimum absolute atomic E-state index is 0.361. The van der Waals surface area contributed by atoms with E-state index in [9.17, 15) is 14.4 Å². The molecule has 1 heterocycles. The Morgan fingerprint density at radius 1 is 1.15 bits per heavy atom. The van der Waals surface area contributed by atoms with Gasteiger partial charge in [0.15, 0.2) is 0 Å². The summed E-state index contributed by atoms with van der Waals surface area (Å²) in [7, 11) is 0. The van der Waals surface area contributed by atoms with E-state index in [1.165, 1.54) is 0 Å². The van der Waals surface area contributed by atoms with Crippen molar-refractivity contribution < 1.29 is 14.4 Å². The summed E-state index contributed by atoms with van der Waals surface area (Å²) < 4.78 is 1.04. The van der Waals surface area contributed by atoms with E-state index in [1.54, 1.807) is 43.3 Å². The molecule has 1 fully saturated rings. The topological polar surface area (TPSA) is 78.5 Å². The lowest BCUT2D eigenvalue weighted by molar-refractivity contribution is -0.133. The fourth-order valence-electron chi connectivity index (χ4n) is 2.70. The lowest BCUT2D eigenvalue weighted by atomic mass is 9.92. The van der Waals surface area contributed by atoms with Gasteiger partial charge in [-0.05, 0) is 71.5 Å². The Morgan fingerprint density at radius 2 is 1.77 bits per heavy atom. The number of nitrogens with one attached hydrogen (secondary N) is 2. The van der Waals surface area contributed by atoms with E-state index in [0.717, 1.165) is 8.47 Å². The van der Waals surface area contributed by atoms with Gasteiger partial charge in [0.25, 0.3) is 5.91 Å². The zero-order valence-electron chi connectivity index (χ0n) is 13.8. The molecule has 2 aromatic carbocycles. The molecule has 1 saturated heterocycles. The first kappa shape index (κ1) is 18.7. The number of imide groups is 1. The van der Waals surface area contributed by atoms with Gasteiger partial charge in [-0.1, -0.05) is 23.7 Å². The average molecular weight is 484 g/mol. The van der Waals surface area contributed by atoms with Crippen molar-refractivity contribution in [1.82, 2.24) is 10.2 Å². The molecule has 1 unspecified atom stereocenters. The maximum Gasteiger partial charge on any atom is 0.325 e. The highest BCUT2D eigenvalue weighted by molar-refractivity contribution is 14.1. The Balaban J connectivity index is 1.73. The summed E-state index contributed by atoms with van der Waals surface area (Å²) in [5, 5.41) is 5.86. The molecule has 0 spiro atoms. The molecule has 0 aromatic heterocycles. The Hall–Kier alpha value is -2.13. The molecule has 4 amide bonds. The van der Waals surface area contributed by atoms with Crippen LogP contribution >= 0.6 is 34.2 Å². The number of urea groups is 1. The number of hydrogen-bond donors (Lipinski definition) is 2. The maximum atomic E-state index is 12.8. The fraction of sp³-hybridized carbons (Fsp3) is 0.167. The third-order valence-electron chi connectivity index (χ3n) is 4.13. The normalized spacial score (nSPS) is 19.4. The van der Waals surface area contributed by atoms with Gasteiger partial charge in [0.05, 0.1) is 0 Å². The SMILES string of the molecule is CC1(c2ccc(Cl)cc2)NC(=O)N(CC(=O)Nc2ccc(I)cc2)C1=O. The van der Waals surface area contributed by atoms with Crippen LogP contribution in [0.1, 0.15) is 12.5 Å². The Morgan fingerprint density at radius 3 is 2.38 bits per heavy atom. The average Bonchev–Trinajstić information content (AvgIpc) is 2.82. The quantitative estimate of drug-likeness (QED) is 0.517. The standard InChI is InChI=1S/C18H15ClIN3O3/c1-18(11-2-4-12(19)5-3-11)16(25)23(17(26)22-18)10-15(24)21-14-8-6-13(20)7-9-14/h2-9H,10H2,1H3,(H,21,24)(H,22,26). The van der Waals surface area contributed by atoms with Crippen LogP contribution in [0.15, 0.2) is 48.5 Å². The molecule has 0 aliphatic carbocycles. The van der Waals surface area contributed by atoms with Gasteiger partial charge in [-0.15, -0.1) is 0 Å². The first-order valence-electron chi connectivity index (χ1n) is 7.75. The van der Waals surface area contributed by atoms with Crippen LogP contribution in [0.5, 0.6) is 0 Å². The molecule has 26 heavy (non-hydrogen) atoms. The molecule has 8 heteroatoms. The molecule has 0 bridgehead atoms. The van der Waals surface area contributed by atoms with Crippen molar-refractivity contribution in [2.75, 3.05) is 11.9 Å². The molecule has 3 rings (SSSR count). The van der Waals surface area contributed by atoms with E-state index in [-0.39, 0.29) is 6.54 Å². The Labute approximate surface area is 169 Å². The molecule has 2 aromatic rings. The number of halogens is 2. The minimum Gasteiger partial charge on any atom is -0.325 e. The van der Waals surface area contributed by atoms with E-state index < -0.39 is 23.4 Å². The zero-order chi connectivity index (χ0) is 18.9. The Bertz CT molecular complexity index is 870. The van der Waals surface area contributed by atoms with E-state index >= 15 is 0 Å². The van der Waals surface area contributed by atoms with Crippen LogP contribution in [-0.4, -0.2) is 29.3 Å². The number of amides is 4. The number of carbonyl (C=O) groups excluding carboxylic acids is 3. The van der Waals surface area contributed by atoms with Crippen molar-refractivity contribution >= 4 is 57.7 Å². The Kier molecular flexibility index (Phi) is 5.19. The molecule has 0 saturated carbocycles. The van der Waals surface area contributed by atoms with Gasteiger partial charge in [-0.2, -0.15) is 0 Å². The smallest absolute Gasteiger partial charge is 0.325 e. The van der Waals surface area contributed by atoms with Crippen LogP contribution in [0.3, 0.4) is 0 Å². The van der Waals surface area contributed by atoms with Crippen molar-refractivity contribution in [3.63, 3.8) is 0 Å². The summed E-state index contributed by atoms with van der Waals surface area (Å²) in [5.41, 5.74) is -0.0334. The van der Waals surface area contributed by atoms with Gasteiger partial charge >= 0.3 is 6.03 Å². The molecule has 1 aliphatic rings. The largest absolute Gasteiger partial charge is 0.325 e. The van der Waals surface area contributed by atoms with E-state index in [4.69, 9.17) is 11.6 Å². The van der Waals surface area contributed by atoms with Crippen LogP contribution in [0.2, 0.25) is 5.02 Å². The number of anilines is 1. The van der Waals surface area contributed by atoms with Crippen molar-refractivity contribution in [3.8, 4) is 0 Å². The summed E-state index contributed by atoms with van der Waals surface area (Å²) in [4.78, 5) is 38.2.